The molecule has 26 heavy (non-hydrogen) atoms. The highest BCUT2D eigenvalue weighted by molar-refractivity contribution is 9.10. The molecule has 0 heterocycles. The lowest BCUT2D eigenvalue weighted by atomic mass is 10.1. The van der Waals surface area contributed by atoms with E-state index < -0.39 is 24.4 Å². The number of rotatable bonds is 6. The van der Waals surface area contributed by atoms with E-state index in [-0.39, 0.29) is 6.42 Å². The first-order valence-electron chi connectivity index (χ1n) is 7.61. The summed E-state index contributed by atoms with van der Waals surface area (Å²) in [7, 11) is 1.55. The van der Waals surface area contributed by atoms with Gasteiger partial charge in [0.05, 0.1) is 13.5 Å². The zero-order valence-electron chi connectivity index (χ0n) is 14.0. The Bertz CT molecular complexity index is 775. The SMILES string of the molecule is COc1ccc(CC(=O)OCC(=O)NNC(=O)c2ccc(Br)cc2)cc1. The van der Waals surface area contributed by atoms with Crippen molar-refractivity contribution in [1.82, 2.24) is 10.9 Å². The van der Waals surface area contributed by atoms with Gasteiger partial charge >= 0.3 is 5.97 Å². The largest absolute Gasteiger partial charge is 0.497 e. The number of esters is 1. The third-order valence-corrected chi connectivity index (χ3v) is 3.82. The fourth-order valence-electron chi connectivity index (χ4n) is 1.94. The monoisotopic (exact) mass is 420 g/mol. The molecule has 0 saturated carbocycles. The van der Waals surface area contributed by atoms with Gasteiger partial charge in [-0.2, -0.15) is 0 Å². The molecule has 7 nitrogen and oxygen atoms in total. The van der Waals surface area contributed by atoms with Crippen LogP contribution >= 0.6 is 15.9 Å². The molecular weight excluding hydrogens is 404 g/mol. The second-order valence-corrected chi connectivity index (χ2v) is 6.11. The summed E-state index contributed by atoms with van der Waals surface area (Å²) in [4.78, 5) is 35.2. The lowest BCUT2D eigenvalue weighted by Gasteiger charge is -2.08. The second kappa shape index (κ2) is 9.57. The van der Waals surface area contributed by atoms with Crippen molar-refractivity contribution in [3.63, 3.8) is 0 Å². The van der Waals surface area contributed by atoms with Crippen LogP contribution in [0, 0.1) is 0 Å². The zero-order chi connectivity index (χ0) is 18.9. The van der Waals surface area contributed by atoms with Gasteiger partial charge in [0, 0.05) is 10.0 Å². The predicted molar refractivity (Wildman–Crippen MR) is 97.4 cm³/mol. The smallest absolute Gasteiger partial charge is 0.310 e. The summed E-state index contributed by atoms with van der Waals surface area (Å²) in [6.45, 7) is -0.490. The van der Waals surface area contributed by atoms with Crippen molar-refractivity contribution in [2.75, 3.05) is 13.7 Å². The molecule has 2 aromatic carbocycles. The highest BCUT2D eigenvalue weighted by atomic mass is 79.9. The van der Waals surface area contributed by atoms with Gasteiger partial charge in [-0.15, -0.1) is 0 Å². The maximum atomic E-state index is 11.8. The summed E-state index contributed by atoms with van der Waals surface area (Å²) in [5, 5.41) is 0. The molecule has 0 aliphatic rings. The van der Waals surface area contributed by atoms with Gasteiger partial charge in [0.2, 0.25) is 0 Å². The normalized spacial score (nSPS) is 9.92. The van der Waals surface area contributed by atoms with Gasteiger partial charge in [0.1, 0.15) is 5.75 Å². The first kappa shape index (κ1) is 19.5. The molecule has 2 rings (SSSR count). The van der Waals surface area contributed by atoms with Gasteiger partial charge in [0.25, 0.3) is 11.8 Å². The Balaban J connectivity index is 1.71. The van der Waals surface area contributed by atoms with Gasteiger partial charge in [-0.05, 0) is 42.0 Å². The fourth-order valence-corrected chi connectivity index (χ4v) is 2.21. The first-order chi connectivity index (χ1) is 12.5. The molecule has 0 unspecified atom stereocenters. The molecule has 0 aliphatic carbocycles. The minimum absolute atomic E-state index is 0.0303. The summed E-state index contributed by atoms with van der Waals surface area (Å²) in [6, 6.07) is 13.5. The molecule has 0 radical (unpaired) electrons. The average Bonchev–Trinajstić information content (AvgIpc) is 2.65. The molecule has 0 aliphatic heterocycles. The minimum atomic E-state index is -0.640. The Labute approximate surface area is 158 Å². The number of hydrogen-bond acceptors (Lipinski definition) is 5. The van der Waals surface area contributed by atoms with Crippen molar-refractivity contribution < 1.29 is 23.9 Å². The van der Waals surface area contributed by atoms with Crippen LogP contribution < -0.4 is 15.6 Å². The van der Waals surface area contributed by atoms with E-state index in [1.807, 2.05) is 0 Å². The minimum Gasteiger partial charge on any atom is -0.497 e. The maximum absolute atomic E-state index is 11.8. The molecule has 2 amide bonds. The van der Waals surface area contributed by atoms with Crippen LogP contribution in [0.25, 0.3) is 0 Å². The molecule has 136 valence electrons. The van der Waals surface area contributed by atoms with Crippen LogP contribution in [-0.2, 0) is 20.7 Å². The lowest BCUT2D eigenvalue weighted by molar-refractivity contribution is -0.148. The van der Waals surface area contributed by atoms with Crippen LogP contribution in [0.4, 0.5) is 0 Å². The van der Waals surface area contributed by atoms with Gasteiger partial charge in [-0.1, -0.05) is 28.1 Å². The summed E-state index contributed by atoms with van der Waals surface area (Å²) >= 11 is 3.27. The third-order valence-electron chi connectivity index (χ3n) is 3.29. The van der Waals surface area contributed by atoms with Gasteiger partial charge < -0.3 is 9.47 Å². The number of carbonyl (C=O) groups is 3. The molecular formula is C18H17BrN2O5. The van der Waals surface area contributed by atoms with E-state index in [1.165, 1.54) is 0 Å². The van der Waals surface area contributed by atoms with E-state index in [4.69, 9.17) is 9.47 Å². The Kier molecular flexibility index (Phi) is 7.16. The quantitative estimate of drug-likeness (QED) is 0.550. The van der Waals surface area contributed by atoms with Crippen molar-refractivity contribution >= 4 is 33.7 Å². The van der Waals surface area contributed by atoms with Gasteiger partial charge in [0.15, 0.2) is 6.61 Å². The van der Waals surface area contributed by atoms with Crippen molar-refractivity contribution in [1.29, 1.82) is 0 Å². The van der Waals surface area contributed by atoms with Crippen LogP contribution in [-0.4, -0.2) is 31.5 Å². The summed E-state index contributed by atoms with van der Waals surface area (Å²) in [5.41, 5.74) is 5.55. The van der Waals surface area contributed by atoms with Crippen LogP contribution in [0.3, 0.4) is 0 Å². The van der Waals surface area contributed by atoms with E-state index in [2.05, 4.69) is 26.8 Å². The number of hydrogen-bond donors (Lipinski definition) is 2. The fraction of sp³-hybridized carbons (Fsp3) is 0.167. The Morgan fingerprint density at radius 1 is 0.962 bits per heavy atom. The standard InChI is InChI=1S/C18H17BrN2O5/c1-25-15-8-2-12(3-9-15)10-17(23)26-11-16(22)20-21-18(24)13-4-6-14(19)7-5-13/h2-9H,10-11H2,1H3,(H,20,22)(H,21,24). The Morgan fingerprint density at radius 3 is 2.23 bits per heavy atom. The van der Waals surface area contributed by atoms with Crippen LogP contribution in [0.2, 0.25) is 0 Å². The van der Waals surface area contributed by atoms with E-state index in [1.54, 1.807) is 55.6 Å². The molecule has 2 aromatic rings. The predicted octanol–water partition coefficient (Wildman–Crippen LogP) is 2.00. The summed E-state index contributed by atoms with van der Waals surface area (Å²) in [6.07, 6.45) is 0.0303. The zero-order valence-corrected chi connectivity index (χ0v) is 15.5. The number of nitrogens with one attached hydrogen (secondary N) is 2. The second-order valence-electron chi connectivity index (χ2n) is 5.19. The topological polar surface area (TPSA) is 93.7 Å². The lowest BCUT2D eigenvalue weighted by Crippen LogP contribution is -2.43. The number of methoxy groups -OCH3 is 1. The molecule has 8 heteroatoms. The number of amides is 2. The van der Waals surface area contributed by atoms with Crippen molar-refractivity contribution in [2.45, 2.75) is 6.42 Å². The van der Waals surface area contributed by atoms with Crippen LogP contribution in [0.15, 0.2) is 53.0 Å². The summed E-state index contributed by atoms with van der Waals surface area (Å²) in [5.74, 6) is -0.985. The molecule has 0 bridgehead atoms. The third kappa shape index (κ3) is 6.21. The number of halogens is 1. The van der Waals surface area contributed by atoms with Gasteiger partial charge in [-0.3, -0.25) is 25.2 Å². The Hall–Kier alpha value is -2.87. The van der Waals surface area contributed by atoms with Crippen molar-refractivity contribution in [3.8, 4) is 5.75 Å². The van der Waals surface area contributed by atoms with E-state index in [0.717, 1.165) is 10.0 Å². The summed E-state index contributed by atoms with van der Waals surface area (Å²) < 4.78 is 10.7. The number of carbonyl (C=O) groups excluding carboxylic acids is 3. The van der Waals surface area contributed by atoms with E-state index in [0.29, 0.717) is 11.3 Å². The van der Waals surface area contributed by atoms with E-state index in [9.17, 15) is 14.4 Å². The molecule has 0 spiro atoms. The van der Waals surface area contributed by atoms with Crippen LogP contribution in [0.1, 0.15) is 15.9 Å². The molecule has 0 aromatic heterocycles. The van der Waals surface area contributed by atoms with E-state index >= 15 is 0 Å². The van der Waals surface area contributed by atoms with Gasteiger partial charge in [-0.25, -0.2) is 0 Å². The molecule has 2 N–H and O–H groups in total. The molecule has 0 fully saturated rings. The number of hydrazine groups is 1. The molecule has 0 saturated heterocycles. The maximum Gasteiger partial charge on any atom is 0.310 e. The molecule has 0 atom stereocenters. The number of ether oxygens (including phenoxy) is 2. The highest BCUT2D eigenvalue weighted by Crippen LogP contribution is 2.12. The van der Waals surface area contributed by atoms with Crippen LogP contribution in [0.5, 0.6) is 5.75 Å². The van der Waals surface area contributed by atoms with Crippen molar-refractivity contribution in [2.24, 2.45) is 0 Å². The first-order valence-corrected chi connectivity index (χ1v) is 8.40. The highest BCUT2D eigenvalue weighted by Gasteiger charge is 2.10. The number of benzene rings is 2. The van der Waals surface area contributed by atoms with Crippen molar-refractivity contribution in [3.05, 3.63) is 64.1 Å². The average molecular weight is 421 g/mol. The Morgan fingerprint density at radius 2 is 1.62 bits per heavy atom.